The third-order valence-electron chi connectivity index (χ3n) is 4.81. The lowest BCUT2D eigenvalue weighted by atomic mass is 9.76. The normalized spacial score (nSPS) is 20.1. The molecule has 0 spiro atoms. The van der Waals surface area contributed by atoms with Gasteiger partial charge in [-0.05, 0) is 73.6 Å². The lowest BCUT2D eigenvalue weighted by Crippen LogP contribution is -2.62. The fourth-order valence-corrected chi connectivity index (χ4v) is 3.05. The fraction of sp³-hybridized carbons (Fsp3) is 0.850. The van der Waals surface area contributed by atoms with E-state index in [1.54, 1.807) is 41.5 Å². The number of hydrogen-bond donors (Lipinski definition) is 2. The number of carbonyl (C=O) groups is 3. The van der Waals surface area contributed by atoms with Gasteiger partial charge in [-0.3, -0.25) is 5.32 Å². The van der Waals surface area contributed by atoms with Crippen molar-refractivity contribution in [3.8, 4) is 0 Å². The van der Waals surface area contributed by atoms with E-state index in [1.165, 1.54) is 0 Å². The quantitative estimate of drug-likeness (QED) is 0.416. The molecule has 2 aliphatic carbocycles. The zero-order chi connectivity index (χ0) is 21.2. The maximum absolute atomic E-state index is 12.9. The van der Waals surface area contributed by atoms with Crippen molar-refractivity contribution < 1.29 is 28.6 Å². The molecule has 0 heterocycles. The van der Waals surface area contributed by atoms with Crippen LogP contribution >= 0.6 is 0 Å². The molecule has 0 bridgehead atoms. The van der Waals surface area contributed by atoms with Gasteiger partial charge in [0.05, 0.1) is 0 Å². The lowest BCUT2D eigenvalue weighted by molar-refractivity contribution is -0.167. The minimum absolute atomic E-state index is 0.0510. The third-order valence-corrected chi connectivity index (χ3v) is 4.81. The zero-order valence-corrected chi connectivity index (χ0v) is 17.8. The van der Waals surface area contributed by atoms with E-state index >= 15 is 0 Å². The second kappa shape index (κ2) is 8.17. The van der Waals surface area contributed by atoms with Crippen LogP contribution in [-0.2, 0) is 19.0 Å². The predicted octanol–water partition coefficient (Wildman–Crippen LogP) is 3.63. The zero-order valence-electron chi connectivity index (χ0n) is 17.8. The van der Waals surface area contributed by atoms with Gasteiger partial charge in [0.25, 0.3) is 0 Å². The molecule has 2 aliphatic rings. The molecule has 160 valence electrons. The molecule has 2 amide bonds. The van der Waals surface area contributed by atoms with E-state index in [4.69, 9.17) is 14.2 Å². The average molecular weight is 399 g/mol. The SMILES string of the molecule is CC(C)(C)OC(=O)NC(OC(=O)C1(NC(=O)OC(C)(C)C)CCC1)C1CCC1. The summed E-state index contributed by atoms with van der Waals surface area (Å²) >= 11 is 0. The molecule has 0 radical (unpaired) electrons. The Kier molecular flexibility index (Phi) is 6.51. The Bertz CT molecular complexity index is 597. The van der Waals surface area contributed by atoms with E-state index in [1.807, 2.05) is 0 Å². The van der Waals surface area contributed by atoms with E-state index in [-0.39, 0.29) is 5.92 Å². The summed E-state index contributed by atoms with van der Waals surface area (Å²) in [5, 5.41) is 5.35. The van der Waals surface area contributed by atoms with Crippen LogP contribution < -0.4 is 10.6 Å². The molecule has 2 rings (SSSR count). The summed E-state index contributed by atoms with van der Waals surface area (Å²) in [6, 6.07) is 0. The largest absolute Gasteiger partial charge is 0.444 e. The highest BCUT2D eigenvalue weighted by atomic mass is 16.6. The number of alkyl carbamates (subject to hydrolysis) is 2. The van der Waals surface area contributed by atoms with Gasteiger partial charge in [0.15, 0.2) is 6.23 Å². The summed E-state index contributed by atoms with van der Waals surface area (Å²) in [5.41, 5.74) is -2.41. The number of ether oxygens (including phenoxy) is 3. The average Bonchev–Trinajstić information content (AvgIpc) is 2.36. The highest BCUT2D eigenvalue weighted by Gasteiger charge is 2.49. The van der Waals surface area contributed by atoms with Crippen LogP contribution in [0.2, 0.25) is 0 Å². The van der Waals surface area contributed by atoms with Gasteiger partial charge in [0.1, 0.15) is 16.7 Å². The molecule has 1 atom stereocenters. The van der Waals surface area contributed by atoms with Crippen LogP contribution in [0.15, 0.2) is 0 Å². The Hall–Kier alpha value is -1.99. The molecule has 8 heteroatoms. The van der Waals surface area contributed by atoms with Crippen LogP contribution in [0.1, 0.15) is 80.1 Å². The smallest absolute Gasteiger partial charge is 0.410 e. The molecule has 2 N–H and O–H groups in total. The summed E-state index contributed by atoms with van der Waals surface area (Å²) in [6.07, 6.45) is 2.47. The van der Waals surface area contributed by atoms with Crippen molar-refractivity contribution in [3.05, 3.63) is 0 Å². The summed E-state index contributed by atoms with van der Waals surface area (Å²) in [7, 11) is 0. The molecule has 8 nitrogen and oxygen atoms in total. The highest BCUT2D eigenvalue weighted by Crippen LogP contribution is 2.36. The van der Waals surface area contributed by atoms with Crippen LogP contribution in [0.3, 0.4) is 0 Å². The van der Waals surface area contributed by atoms with Crippen LogP contribution in [0.5, 0.6) is 0 Å². The van der Waals surface area contributed by atoms with Gasteiger partial charge >= 0.3 is 18.2 Å². The fourth-order valence-electron chi connectivity index (χ4n) is 3.05. The van der Waals surface area contributed by atoms with E-state index < -0.39 is 41.1 Å². The van der Waals surface area contributed by atoms with E-state index in [0.717, 1.165) is 25.7 Å². The number of esters is 1. The van der Waals surface area contributed by atoms with Gasteiger partial charge in [0.2, 0.25) is 0 Å². The van der Waals surface area contributed by atoms with Crippen LogP contribution in [0, 0.1) is 5.92 Å². The second-order valence-corrected chi connectivity index (χ2v) is 9.73. The van der Waals surface area contributed by atoms with Crippen molar-refractivity contribution >= 4 is 18.2 Å². The molecule has 2 saturated carbocycles. The first kappa shape index (κ1) is 22.3. The number of nitrogens with one attached hydrogen (secondary N) is 2. The summed E-state index contributed by atoms with van der Waals surface area (Å²) < 4.78 is 16.2. The highest BCUT2D eigenvalue weighted by molar-refractivity contribution is 5.87. The van der Waals surface area contributed by atoms with Gasteiger partial charge in [-0.25, -0.2) is 14.4 Å². The van der Waals surface area contributed by atoms with Crippen molar-refractivity contribution in [2.75, 3.05) is 0 Å². The Morgan fingerprint density at radius 3 is 1.82 bits per heavy atom. The molecule has 0 aromatic heterocycles. The van der Waals surface area contributed by atoms with Gasteiger partial charge in [-0.2, -0.15) is 0 Å². The maximum atomic E-state index is 12.9. The number of carbonyl (C=O) groups excluding carboxylic acids is 3. The van der Waals surface area contributed by atoms with Crippen LogP contribution in [0.25, 0.3) is 0 Å². The van der Waals surface area contributed by atoms with Crippen molar-refractivity contribution in [1.82, 2.24) is 10.6 Å². The summed E-state index contributed by atoms with van der Waals surface area (Å²) in [6.45, 7) is 10.6. The van der Waals surface area contributed by atoms with Gasteiger partial charge in [-0.15, -0.1) is 0 Å². The first-order valence-corrected chi connectivity index (χ1v) is 10.0. The molecule has 28 heavy (non-hydrogen) atoms. The predicted molar refractivity (Wildman–Crippen MR) is 103 cm³/mol. The van der Waals surface area contributed by atoms with Gasteiger partial charge < -0.3 is 19.5 Å². The van der Waals surface area contributed by atoms with Gasteiger partial charge in [-0.1, -0.05) is 6.42 Å². The summed E-state index contributed by atoms with van der Waals surface area (Å²) in [4.78, 5) is 37.2. The number of hydrogen-bond acceptors (Lipinski definition) is 6. The van der Waals surface area contributed by atoms with Crippen molar-refractivity contribution in [2.45, 2.75) is 103 Å². The van der Waals surface area contributed by atoms with Crippen LogP contribution in [0.4, 0.5) is 9.59 Å². The first-order chi connectivity index (χ1) is 12.8. The molecule has 2 fully saturated rings. The minimum Gasteiger partial charge on any atom is -0.444 e. The topological polar surface area (TPSA) is 103 Å². The Balaban J connectivity index is 2.00. The monoisotopic (exact) mass is 398 g/mol. The maximum Gasteiger partial charge on any atom is 0.410 e. The minimum atomic E-state index is -1.10. The Morgan fingerprint density at radius 1 is 0.893 bits per heavy atom. The van der Waals surface area contributed by atoms with E-state index in [2.05, 4.69) is 10.6 Å². The van der Waals surface area contributed by atoms with E-state index in [9.17, 15) is 14.4 Å². The van der Waals surface area contributed by atoms with Gasteiger partial charge in [0, 0.05) is 5.92 Å². The van der Waals surface area contributed by atoms with Crippen LogP contribution in [-0.4, -0.2) is 41.1 Å². The molecule has 1 unspecified atom stereocenters. The second-order valence-electron chi connectivity index (χ2n) is 9.73. The molecule has 0 aromatic carbocycles. The number of rotatable bonds is 5. The molecular formula is C20H34N2O6. The van der Waals surface area contributed by atoms with Crippen molar-refractivity contribution in [2.24, 2.45) is 5.92 Å². The lowest BCUT2D eigenvalue weighted by Gasteiger charge is -2.42. The van der Waals surface area contributed by atoms with Crippen molar-refractivity contribution in [3.63, 3.8) is 0 Å². The first-order valence-electron chi connectivity index (χ1n) is 10.0. The summed E-state index contributed by atoms with van der Waals surface area (Å²) in [5.74, 6) is -0.493. The standard InChI is InChI=1S/C20H34N2O6/c1-18(2,3)27-16(24)21-14(13-9-7-10-13)26-15(23)20(11-8-12-20)22-17(25)28-19(4,5)6/h13-14H,7-12H2,1-6H3,(H,21,24)(H,22,25). The van der Waals surface area contributed by atoms with Crippen molar-refractivity contribution in [1.29, 1.82) is 0 Å². The number of amides is 2. The molecule has 0 aliphatic heterocycles. The Labute approximate surface area is 167 Å². The third kappa shape index (κ3) is 6.27. The molecule has 0 aromatic rings. The molecular weight excluding hydrogens is 364 g/mol. The molecule has 0 saturated heterocycles. The van der Waals surface area contributed by atoms with E-state index in [0.29, 0.717) is 12.8 Å². The Morgan fingerprint density at radius 2 is 1.43 bits per heavy atom.